The molecule has 3 aromatic heterocycles. The van der Waals surface area contributed by atoms with Crippen LogP contribution in [0.15, 0.2) is 70.6 Å². The van der Waals surface area contributed by atoms with Gasteiger partial charge in [-0.1, -0.05) is 24.3 Å². The van der Waals surface area contributed by atoms with Crippen molar-refractivity contribution in [3.05, 3.63) is 87.8 Å². The van der Waals surface area contributed by atoms with Crippen molar-refractivity contribution in [3.63, 3.8) is 0 Å². The Labute approximate surface area is 200 Å². The number of ether oxygens (including phenoxy) is 2. The fourth-order valence-corrected chi connectivity index (χ4v) is 4.26. The van der Waals surface area contributed by atoms with Crippen LogP contribution in [0.5, 0.6) is 0 Å². The van der Waals surface area contributed by atoms with Gasteiger partial charge in [0, 0.05) is 18.4 Å². The Morgan fingerprint density at radius 3 is 2.71 bits per heavy atom. The van der Waals surface area contributed by atoms with Crippen molar-refractivity contribution in [2.45, 2.75) is 32.4 Å². The third kappa shape index (κ3) is 4.38. The molecule has 1 aromatic carbocycles. The van der Waals surface area contributed by atoms with E-state index in [1.165, 1.54) is 10.5 Å². The summed E-state index contributed by atoms with van der Waals surface area (Å²) in [5, 5.41) is 0.223. The van der Waals surface area contributed by atoms with Crippen LogP contribution in [0, 0.1) is 0 Å². The molecule has 0 N–H and O–H groups in total. The summed E-state index contributed by atoms with van der Waals surface area (Å²) < 4.78 is 14.2. The molecule has 1 saturated heterocycles. The molecule has 1 amide bonds. The number of esters is 1. The molecule has 1 atom stereocenters. The normalized spacial score (nSPS) is 16.1. The molecule has 1 aliphatic heterocycles. The number of carbonyl (C=O) groups excluding carboxylic acids is 2. The molecule has 35 heavy (non-hydrogen) atoms. The number of benzene rings is 1. The van der Waals surface area contributed by atoms with E-state index in [1.807, 2.05) is 0 Å². The van der Waals surface area contributed by atoms with Gasteiger partial charge < -0.3 is 14.0 Å². The molecule has 1 aliphatic rings. The van der Waals surface area contributed by atoms with Gasteiger partial charge in [0.15, 0.2) is 5.49 Å². The number of nitrogens with zero attached hydrogens (tertiary/aromatic N) is 4. The van der Waals surface area contributed by atoms with E-state index in [4.69, 9.17) is 14.5 Å². The molecule has 0 aliphatic carbocycles. The van der Waals surface area contributed by atoms with Crippen molar-refractivity contribution >= 4 is 28.6 Å². The van der Waals surface area contributed by atoms with Crippen molar-refractivity contribution < 1.29 is 19.1 Å². The summed E-state index contributed by atoms with van der Waals surface area (Å²) in [6.07, 6.45) is 3.15. The number of amides is 1. The molecule has 1 fully saturated rings. The Morgan fingerprint density at radius 1 is 1.17 bits per heavy atom. The molecule has 1 unspecified atom stereocenters. The predicted molar refractivity (Wildman–Crippen MR) is 128 cm³/mol. The van der Waals surface area contributed by atoms with Crippen LogP contribution in [0.4, 0.5) is 0 Å². The third-order valence-electron chi connectivity index (χ3n) is 5.92. The van der Waals surface area contributed by atoms with Crippen LogP contribution >= 0.6 is 0 Å². The number of carbonyl (C=O) groups is 2. The summed E-state index contributed by atoms with van der Waals surface area (Å²) in [5.41, 5.74) is 0.916. The van der Waals surface area contributed by atoms with E-state index in [0.717, 1.165) is 12.8 Å². The van der Waals surface area contributed by atoms with Crippen molar-refractivity contribution in [2.75, 3.05) is 13.2 Å². The van der Waals surface area contributed by atoms with Crippen molar-refractivity contribution in [3.8, 4) is 0 Å². The second-order valence-electron chi connectivity index (χ2n) is 8.21. The van der Waals surface area contributed by atoms with Gasteiger partial charge in [-0.25, -0.2) is 9.78 Å². The minimum atomic E-state index is -0.673. The van der Waals surface area contributed by atoms with Crippen LogP contribution in [0.2, 0.25) is 0 Å². The highest BCUT2D eigenvalue weighted by Gasteiger charge is 2.23. The summed E-state index contributed by atoms with van der Waals surface area (Å²) >= 11 is 0. The summed E-state index contributed by atoms with van der Waals surface area (Å²) in [6.45, 7) is 2.72. The van der Waals surface area contributed by atoms with Crippen LogP contribution < -0.4 is 11.0 Å². The van der Waals surface area contributed by atoms with Crippen molar-refractivity contribution in [1.29, 1.82) is 0 Å². The first-order valence-electron chi connectivity index (χ1n) is 11.5. The zero-order valence-electron chi connectivity index (χ0n) is 19.2. The molecule has 4 aromatic rings. The van der Waals surface area contributed by atoms with E-state index in [1.54, 1.807) is 66.2 Å². The maximum Gasteiger partial charge on any atom is 0.341 e. The van der Waals surface area contributed by atoms with Crippen molar-refractivity contribution in [1.82, 2.24) is 14.0 Å². The highest BCUT2D eigenvalue weighted by molar-refractivity contribution is 5.97. The number of rotatable bonds is 5. The minimum Gasteiger partial charge on any atom is -0.462 e. The molecular formula is C26H24N4O5. The lowest BCUT2D eigenvalue weighted by atomic mass is 10.1. The van der Waals surface area contributed by atoms with E-state index >= 15 is 0 Å². The van der Waals surface area contributed by atoms with Crippen LogP contribution in [-0.4, -0.2) is 45.1 Å². The average Bonchev–Trinajstić information content (AvgIpc) is 3.39. The standard InChI is InChI=1S/C26H24N4O5/c1-2-34-26(33)20-15-19-22(27-21-12-6-7-13-29(21)25(19)32)30(16-18-11-8-14-35-18)23(20)28-24(31)17-9-4-3-5-10-17/h3-7,9-10,12-13,15,18H,2,8,11,14,16H2,1H3. The first-order valence-corrected chi connectivity index (χ1v) is 11.5. The summed E-state index contributed by atoms with van der Waals surface area (Å²) in [7, 11) is 0. The molecular weight excluding hydrogens is 448 g/mol. The quantitative estimate of drug-likeness (QED) is 0.327. The summed E-state index contributed by atoms with van der Waals surface area (Å²) in [4.78, 5) is 48.6. The van der Waals surface area contributed by atoms with E-state index < -0.39 is 11.9 Å². The lowest BCUT2D eigenvalue weighted by Gasteiger charge is -2.18. The molecule has 5 rings (SSSR count). The average molecular weight is 473 g/mol. The van der Waals surface area contributed by atoms with E-state index in [9.17, 15) is 14.4 Å². The van der Waals surface area contributed by atoms with Crippen LogP contribution in [0.3, 0.4) is 0 Å². The zero-order valence-corrected chi connectivity index (χ0v) is 19.2. The van der Waals surface area contributed by atoms with Crippen LogP contribution in [0.1, 0.15) is 40.5 Å². The first-order chi connectivity index (χ1) is 17.1. The van der Waals surface area contributed by atoms with Gasteiger partial charge in [-0.2, -0.15) is 4.99 Å². The Bertz CT molecular complexity index is 1550. The summed E-state index contributed by atoms with van der Waals surface area (Å²) in [6, 6.07) is 15.3. The maximum atomic E-state index is 13.4. The smallest absolute Gasteiger partial charge is 0.341 e. The fourth-order valence-electron chi connectivity index (χ4n) is 4.26. The van der Waals surface area contributed by atoms with E-state index in [0.29, 0.717) is 23.5 Å². The molecule has 178 valence electrons. The maximum absolute atomic E-state index is 13.4. The van der Waals surface area contributed by atoms with Crippen molar-refractivity contribution in [2.24, 2.45) is 4.99 Å². The Kier molecular flexibility index (Phi) is 6.24. The molecule has 4 heterocycles. The Hall–Kier alpha value is -4.11. The number of pyridine rings is 2. The van der Waals surface area contributed by atoms with Gasteiger partial charge in [-0.05, 0) is 50.1 Å². The van der Waals surface area contributed by atoms with Gasteiger partial charge in [0.1, 0.15) is 16.9 Å². The monoisotopic (exact) mass is 472 g/mol. The highest BCUT2D eigenvalue weighted by atomic mass is 16.5. The van der Waals surface area contributed by atoms with Gasteiger partial charge in [0.25, 0.3) is 11.5 Å². The summed E-state index contributed by atoms with van der Waals surface area (Å²) in [5.74, 6) is -1.19. The van der Waals surface area contributed by atoms with Gasteiger partial charge in [0.05, 0.1) is 24.6 Å². The first kappa shape index (κ1) is 22.7. The Balaban J connectivity index is 1.86. The fraction of sp³-hybridized carbons (Fsp3) is 0.269. The van der Waals surface area contributed by atoms with Gasteiger partial charge >= 0.3 is 5.97 Å². The molecule has 0 spiro atoms. The third-order valence-corrected chi connectivity index (χ3v) is 5.92. The topological polar surface area (TPSA) is 104 Å². The molecule has 0 radical (unpaired) electrons. The molecule has 0 saturated carbocycles. The molecule has 9 nitrogen and oxygen atoms in total. The molecule has 0 bridgehead atoms. The predicted octanol–water partition coefficient (Wildman–Crippen LogP) is 2.75. The number of fused-ring (bicyclic) bond motifs is 2. The van der Waals surface area contributed by atoms with Gasteiger partial charge in [-0.15, -0.1) is 0 Å². The second-order valence-corrected chi connectivity index (χ2v) is 8.21. The SMILES string of the molecule is CCOC(=O)c1cc2c(=O)n3ccccc3nc2n(CC2CCCO2)c1=NC(=O)c1ccccc1. The van der Waals surface area contributed by atoms with Gasteiger partial charge in [0.2, 0.25) is 0 Å². The van der Waals surface area contributed by atoms with Crippen LogP contribution in [0.25, 0.3) is 16.7 Å². The lowest BCUT2D eigenvalue weighted by molar-refractivity contribution is 0.0521. The molecule has 9 heteroatoms. The minimum absolute atomic E-state index is 0.0245. The lowest BCUT2D eigenvalue weighted by Crippen LogP contribution is -2.35. The Morgan fingerprint density at radius 2 is 1.97 bits per heavy atom. The largest absolute Gasteiger partial charge is 0.462 e. The highest BCUT2D eigenvalue weighted by Crippen LogP contribution is 2.17. The van der Waals surface area contributed by atoms with E-state index in [-0.39, 0.29) is 41.3 Å². The second kappa shape index (κ2) is 9.63. The van der Waals surface area contributed by atoms with E-state index in [2.05, 4.69) is 4.99 Å². The number of hydrogen-bond acceptors (Lipinski definition) is 6. The van der Waals surface area contributed by atoms with Gasteiger partial charge in [-0.3, -0.25) is 14.0 Å². The zero-order chi connectivity index (χ0) is 24.4. The number of hydrogen-bond donors (Lipinski definition) is 0. The van der Waals surface area contributed by atoms with Crippen LogP contribution in [-0.2, 0) is 16.0 Å². The number of aromatic nitrogens is 3.